The molecule has 1 aromatic heterocycles. The molecule has 20 heavy (non-hydrogen) atoms. The predicted octanol–water partition coefficient (Wildman–Crippen LogP) is 2.46. The topological polar surface area (TPSA) is 88.0 Å². The van der Waals surface area contributed by atoms with E-state index in [-0.39, 0.29) is 10.9 Å². The molecule has 0 aliphatic rings. The highest BCUT2D eigenvalue weighted by atomic mass is 79.9. The number of aliphatic carboxylic acids is 1. The lowest BCUT2D eigenvalue weighted by molar-refractivity contribution is -0.133. The number of halogens is 2. The highest BCUT2D eigenvalue weighted by Crippen LogP contribution is 2.29. The molecule has 2 rings (SSSR count). The number of rotatable bonds is 4. The van der Waals surface area contributed by atoms with Crippen LogP contribution in [-0.4, -0.2) is 31.6 Å². The van der Waals surface area contributed by atoms with Gasteiger partial charge >= 0.3 is 11.7 Å². The van der Waals surface area contributed by atoms with Gasteiger partial charge in [-0.15, -0.1) is 5.10 Å². The molecule has 1 aromatic carbocycles. The van der Waals surface area contributed by atoms with Crippen molar-refractivity contribution in [2.24, 2.45) is 0 Å². The van der Waals surface area contributed by atoms with Gasteiger partial charge in [0.05, 0.1) is 11.4 Å². The molecular formula is C11H9BrClN3O3S. The van der Waals surface area contributed by atoms with Crippen molar-refractivity contribution in [2.75, 3.05) is 5.75 Å². The van der Waals surface area contributed by atoms with Crippen LogP contribution in [0.15, 0.2) is 26.6 Å². The summed E-state index contributed by atoms with van der Waals surface area (Å²) in [5.74, 6) is -1.18. The highest BCUT2D eigenvalue weighted by molar-refractivity contribution is 9.10. The number of aromatic amines is 1. The van der Waals surface area contributed by atoms with Crippen molar-refractivity contribution < 1.29 is 9.90 Å². The van der Waals surface area contributed by atoms with Gasteiger partial charge in [-0.05, 0) is 40.5 Å². The van der Waals surface area contributed by atoms with Gasteiger partial charge in [0.15, 0.2) is 5.16 Å². The van der Waals surface area contributed by atoms with Crippen molar-refractivity contribution in [3.05, 3.63) is 37.7 Å². The lowest BCUT2D eigenvalue weighted by Crippen LogP contribution is -2.16. The number of thioether (sulfide) groups is 1. The van der Waals surface area contributed by atoms with Crippen LogP contribution in [0, 0.1) is 6.92 Å². The van der Waals surface area contributed by atoms with Crippen LogP contribution >= 0.6 is 39.3 Å². The van der Waals surface area contributed by atoms with Crippen LogP contribution in [0.4, 0.5) is 0 Å². The Balaban J connectivity index is 2.52. The van der Waals surface area contributed by atoms with E-state index < -0.39 is 11.7 Å². The summed E-state index contributed by atoms with van der Waals surface area (Å²) in [6, 6.07) is 3.41. The fraction of sp³-hybridized carbons (Fsp3) is 0.182. The van der Waals surface area contributed by atoms with Crippen molar-refractivity contribution >= 4 is 45.3 Å². The zero-order valence-electron chi connectivity index (χ0n) is 10.2. The summed E-state index contributed by atoms with van der Waals surface area (Å²) in [7, 11) is 0. The number of carbonyl (C=O) groups is 1. The highest BCUT2D eigenvalue weighted by Gasteiger charge is 2.16. The van der Waals surface area contributed by atoms with Gasteiger partial charge < -0.3 is 5.11 Å². The van der Waals surface area contributed by atoms with E-state index in [1.54, 1.807) is 12.1 Å². The van der Waals surface area contributed by atoms with Gasteiger partial charge in [0.25, 0.3) is 0 Å². The maximum absolute atomic E-state index is 11.9. The van der Waals surface area contributed by atoms with E-state index in [0.717, 1.165) is 17.3 Å². The van der Waals surface area contributed by atoms with Crippen molar-refractivity contribution in [2.45, 2.75) is 12.1 Å². The summed E-state index contributed by atoms with van der Waals surface area (Å²) in [4.78, 5) is 22.5. The number of carboxylic acids is 1. The van der Waals surface area contributed by atoms with Crippen LogP contribution in [0.25, 0.3) is 5.69 Å². The second kappa shape index (κ2) is 6.02. The van der Waals surface area contributed by atoms with Gasteiger partial charge in [-0.3, -0.25) is 4.79 Å². The Hall–Kier alpha value is -1.25. The standard InChI is InChI=1S/C11H9BrClN3O3S/c1-5-2-6(12)8(3-7(5)13)16-10(19)14-15-11(16)20-4-9(17)18/h2-3H,4H2,1H3,(H,14,19)(H,17,18). The Bertz CT molecular complexity index is 728. The lowest BCUT2D eigenvalue weighted by atomic mass is 10.2. The zero-order chi connectivity index (χ0) is 14.9. The Labute approximate surface area is 131 Å². The summed E-state index contributed by atoms with van der Waals surface area (Å²) in [5.41, 5.74) is 0.907. The normalized spacial score (nSPS) is 10.8. The number of nitrogens with zero attached hydrogens (tertiary/aromatic N) is 2. The van der Waals surface area contributed by atoms with Gasteiger partial charge in [-0.25, -0.2) is 14.5 Å². The second-order valence-electron chi connectivity index (χ2n) is 3.88. The average molecular weight is 379 g/mol. The van der Waals surface area contributed by atoms with Crippen molar-refractivity contribution in [3.8, 4) is 5.69 Å². The molecule has 0 bridgehead atoms. The van der Waals surface area contributed by atoms with E-state index >= 15 is 0 Å². The molecule has 2 N–H and O–H groups in total. The monoisotopic (exact) mass is 377 g/mol. The van der Waals surface area contributed by atoms with Gasteiger partial charge in [-0.2, -0.15) is 0 Å². The van der Waals surface area contributed by atoms with E-state index in [1.807, 2.05) is 6.92 Å². The van der Waals surface area contributed by atoms with Crippen LogP contribution in [0.1, 0.15) is 5.56 Å². The number of hydrogen-bond donors (Lipinski definition) is 2. The molecule has 2 aromatic rings. The van der Waals surface area contributed by atoms with E-state index in [4.69, 9.17) is 16.7 Å². The van der Waals surface area contributed by atoms with Gasteiger partial charge in [0, 0.05) is 9.50 Å². The average Bonchev–Trinajstić information content (AvgIpc) is 2.73. The fourth-order valence-corrected chi connectivity index (χ4v) is 2.99. The van der Waals surface area contributed by atoms with Gasteiger partial charge in [0.1, 0.15) is 0 Å². The molecule has 9 heteroatoms. The first-order valence-electron chi connectivity index (χ1n) is 5.38. The van der Waals surface area contributed by atoms with Crippen LogP contribution in [0.2, 0.25) is 5.02 Å². The third-order valence-corrected chi connectivity index (χ3v) is 4.40. The summed E-state index contributed by atoms with van der Waals surface area (Å²) < 4.78 is 1.95. The molecule has 1 heterocycles. The second-order valence-corrected chi connectivity index (χ2v) is 6.09. The fourth-order valence-electron chi connectivity index (χ4n) is 1.53. The van der Waals surface area contributed by atoms with E-state index in [9.17, 15) is 9.59 Å². The molecule has 0 aliphatic heterocycles. The third kappa shape index (κ3) is 3.08. The van der Waals surface area contributed by atoms with Crippen molar-refractivity contribution in [1.29, 1.82) is 0 Å². The number of aromatic nitrogens is 3. The lowest BCUT2D eigenvalue weighted by Gasteiger charge is -2.09. The summed E-state index contributed by atoms with van der Waals surface area (Å²) in [6.07, 6.45) is 0. The Morgan fingerprint density at radius 3 is 2.95 bits per heavy atom. The molecule has 0 radical (unpaired) electrons. The van der Waals surface area contributed by atoms with Crippen LogP contribution < -0.4 is 5.69 Å². The van der Waals surface area contributed by atoms with E-state index in [1.165, 1.54) is 4.57 Å². The predicted molar refractivity (Wildman–Crippen MR) is 80.0 cm³/mol. The van der Waals surface area contributed by atoms with E-state index in [0.29, 0.717) is 15.2 Å². The molecule has 0 unspecified atom stereocenters. The van der Waals surface area contributed by atoms with Crippen molar-refractivity contribution in [1.82, 2.24) is 14.8 Å². The minimum atomic E-state index is -0.988. The smallest absolute Gasteiger partial charge is 0.348 e. The Morgan fingerprint density at radius 2 is 2.30 bits per heavy atom. The zero-order valence-corrected chi connectivity index (χ0v) is 13.3. The molecule has 0 spiro atoms. The van der Waals surface area contributed by atoms with Gasteiger partial charge in [-0.1, -0.05) is 23.4 Å². The first-order valence-corrected chi connectivity index (χ1v) is 7.54. The molecule has 0 amide bonds. The SMILES string of the molecule is Cc1cc(Br)c(-n2c(SCC(=O)O)n[nH]c2=O)cc1Cl. The minimum absolute atomic E-state index is 0.193. The molecule has 106 valence electrons. The maximum Gasteiger partial charge on any atom is 0.348 e. The molecular weight excluding hydrogens is 370 g/mol. The quantitative estimate of drug-likeness (QED) is 0.798. The number of nitrogens with one attached hydrogen (secondary N) is 1. The van der Waals surface area contributed by atoms with Crippen LogP contribution in [0.5, 0.6) is 0 Å². The number of H-pyrrole nitrogens is 1. The van der Waals surface area contributed by atoms with Crippen molar-refractivity contribution in [3.63, 3.8) is 0 Å². The van der Waals surface area contributed by atoms with Crippen LogP contribution in [0.3, 0.4) is 0 Å². The number of benzene rings is 1. The molecule has 6 nitrogen and oxygen atoms in total. The summed E-state index contributed by atoms with van der Waals surface area (Å²) >= 11 is 10.4. The molecule has 0 fully saturated rings. The Morgan fingerprint density at radius 1 is 1.60 bits per heavy atom. The first kappa shape index (κ1) is 15.1. The molecule has 0 saturated carbocycles. The van der Waals surface area contributed by atoms with E-state index in [2.05, 4.69) is 26.1 Å². The largest absolute Gasteiger partial charge is 0.481 e. The third-order valence-electron chi connectivity index (χ3n) is 2.44. The minimum Gasteiger partial charge on any atom is -0.481 e. The number of carboxylic acid groups (broad SMARTS) is 1. The maximum atomic E-state index is 11.9. The summed E-state index contributed by atoms with van der Waals surface area (Å²) in [6.45, 7) is 1.84. The molecule has 0 aliphatic carbocycles. The van der Waals surface area contributed by atoms with Gasteiger partial charge in [0.2, 0.25) is 0 Å². The van der Waals surface area contributed by atoms with Crippen LogP contribution in [-0.2, 0) is 4.79 Å². The number of hydrogen-bond acceptors (Lipinski definition) is 4. The first-order chi connectivity index (χ1) is 9.40. The molecule has 0 atom stereocenters. The Kier molecular flexibility index (Phi) is 4.56. The molecule has 0 saturated heterocycles. The summed E-state index contributed by atoms with van der Waals surface area (Å²) in [5, 5.41) is 15.6. The number of aryl methyl sites for hydroxylation is 1.